The summed E-state index contributed by atoms with van der Waals surface area (Å²) < 4.78 is 6.90. The first-order chi connectivity index (χ1) is 10.2. The Balaban J connectivity index is 1.71. The Bertz CT molecular complexity index is 735. The van der Waals surface area contributed by atoms with E-state index in [4.69, 9.17) is 4.42 Å². The van der Waals surface area contributed by atoms with Gasteiger partial charge in [0.25, 0.3) is 0 Å². The van der Waals surface area contributed by atoms with Crippen molar-refractivity contribution in [1.29, 1.82) is 0 Å². The van der Waals surface area contributed by atoms with E-state index >= 15 is 0 Å². The van der Waals surface area contributed by atoms with Crippen LogP contribution in [0.25, 0.3) is 11.3 Å². The molecule has 0 bridgehead atoms. The fraction of sp³-hybridized carbons (Fsp3) is 0.0588. The molecular weight excluding hydrogens is 348 g/mol. The van der Waals surface area contributed by atoms with Crippen molar-refractivity contribution < 1.29 is 9.52 Å². The van der Waals surface area contributed by atoms with Crippen molar-refractivity contribution in [3.63, 3.8) is 0 Å². The molecule has 3 rings (SSSR count). The maximum atomic E-state index is 9.74. The average Bonchev–Trinajstić information content (AvgIpc) is 2.96. The molecule has 0 radical (unpaired) electrons. The number of halogens is 1. The van der Waals surface area contributed by atoms with E-state index in [9.17, 15) is 5.11 Å². The maximum absolute atomic E-state index is 9.74. The molecule has 0 atom stereocenters. The summed E-state index contributed by atoms with van der Waals surface area (Å²) in [4.78, 5) is 0.860. The SMILES string of the molecule is Oc1ccccc1SCc1ccc(-c2ccc(Br)cc2)o1. The zero-order valence-electron chi connectivity index (χ0n) is 11.1. The van der Waals surface area contributed by atoms with Gasteiger partial charge in [0.1, 0.15) is 17.3 Å². The van der Waals surface area contributed by atoms with Crippen LogP contribution >= 0.6 is 27.7 Å². The van der Waals surface area contributed by atoms with E-state index in [1.165, 1.54) is 0 Å². The fourth-order valence-corrected chi connectivity index (χ4v) is 3.06. The van der Waals surface area contributed by atoms with Gasteiger partial charge in [-0.15, -0.1) is 11.8 Å². The predicted octanol–water partition coefficient (Wildman–Crippen LogP) is 5.71. The molecule has 4 heteroatoms. The highest BCUT2D eigenvalue weighted by Crippen LogP contribution is 2.32. The molecule has 0 aliphatic carbocycles. The minimum atomic E-state index is 0.308. The number of hydrogen-bond donors (Lipinski definition) is 1. The molecule has 3 aromatic rings. The summed E-state index contributed by atoms with van der Waals surface area (Å²) in [5, 5.41) is 9.74. The van der Waals surface area contributed by atoms with Crippen LogP contribution in [0.1, 0.15) is 5.76 Å². The van der Waals surface area contributed by atoms with Crippen molar-refractivity contribution in [2.75, 3.05) is 0 Å². The molecular formula is C17H13BrO2S. The molecule has 106 valence electrons. The second kappa shape index (κ2) is 6.41. The van der Waals surface area contributed by atoms with Crippen LogP contribution in [0.5, 0.6) is 5.75 Å². The second-order valence-corrected chi connectivity index (χ2v) is 6.46. The summed E-state index contributed by atoms with van der Waals surface area (Å²) >= 11 is 4.98. The Morgan fingerprint density at radius 1 is 0.952 bits per heavy atom. The molecule has 1 heterocycles. The second-order valence-electron chi connectivity index (χ2n) is 4.53. The summed E-state index contributed by atoms with van der Waals surface area (Å²) in [6, 6.07) is 19.3. The zero-order valence-corrected chi connectivity index (χ0v) is 13.5. The van der Waals surface area contributed by atoms with Crippen LogP contribution in [0.15, 0.2) is 74.4 Å². The number of phenolic OH excluding ortho intramolecular Hbond substituents is 1. The van der Waals surface area contributed by atoms with Crippen molar-refractivity contribution in [2.45, 2.75) is 10.6 Å². The van der Waals surface area contributed by atoms with Crippen molar-refractivity contribution in [1.82, 2.24) is 0 Å². The Morgan fingerprint density at radius 3 is 2.48 bits per heavy atom. The van der Waals surface area contributed by atoms with Gasteiger partial charge in [-0.1, -0.05) is 40.2 Å². The van der Waals surface area contributed by atoms with Gasteiger partial charge in [0.05, 0.1) is 5.75 Å². The van der Waals surface area contributed by atoms with Crippen molar-refractivity contribution in [3.8, 4) is 17.1 Å². The minimum Gasteiger partial charge on any atom is -0.507 e. The number of thioether (sulfide) groups is 1. The van der Waals surface area contributed by atoms with Crippen molar-refractivity contribution in [3.05, 3.63) is 70.9 Å². The van der Waals surface area contributed by atoms with Gasteiger partial charge in [-0.3, -0.25) is 0 Å². The third-order valence-corrected chi connectivity index (χ3v) is 4.64. The molecule has 1 N–H and O–H groups in total. The topological polar surface area (TPSA) is 33.4 Å². The highest BCUT2D eigenvalue weighted by Gasteiger charge is 2.07. The molecule has 2 aromatic carbocycles. The quantitative estimate of drug-likeness (QED) is 0.605. The Labute approximate surface area is 135 Å². The van der Waals surface area contributed by atoms with E-state index in [0.717, 1.165) is 26.5 Å². The lowest BCUT2D eigenvalue weighted by Gasteiger charge is -2.02. The van der Waals surface area contributed by atoms with Gasteiger partial charge in [-0.2, -0.15) is 0 Å². The van der Waals surface area contributed by atoms with Crippen LogP contribution in [0.2, 0.25) is 0 Å². The molecule has 0 aliphatic heterocycles. The van der Waals surface area contributed by atoms with Crippen LogP contribution in [0.4, 0.5) is 0 Å². The lowest BCUT2D eigenvalue weighted by atomic mass is 10.2. The third-order valence-electron chi connectivity index (χ3n) is 3.03. The summed E-state index contributed by atoms with van der Waals surface area (Å²) in [5.74, 6) is 2.74. The smallest absolute Gasteiger partial charge is 0.134 e. The molecule has 1 aromatic heterocycles. The van der Waals surface area contributed by atoms with E-state index in [2.05, 4.69) is 15.9 Å². The summed E-state index contributed by atoms with van der Waals surface area (Å²) in [6.07, 6.45) is 0. The maximum Gasteiger partial charge on any atom is 0.134 e. The predicted molar refractivity (Wildman–Crippen MR) is 89.5 cm³/mol. The van der Waals surface area contributed by atoms with Gasteiger partial charge < -0.3 is 9.52 Å². The molecule has 2 nitrogen and oxygen atoms in total. The van der Waals surface area contributed by atoms with E-state index in [1.807, 2.05) is 54.6 Å². The fourth-order valence-electron chi connectivity index (χ4n) is 1.95. The van der Waals surface area contributed by atoms with Crippen LogP contribution in [0, 0.1) is 0 Å². The van der Waals surface area contributed by atoms with Gasteiger partial charge in [0.2, 0.25) is 0 Å². The lowest BCUT2D eigenvalue weighted by Crippen LogP contribution is -1.77. The van der Waals surface area contributed by atoms with E-state index < -0.39 is 0 Å². The van der Waals surface area contributed by atoms with E-state index in [-0.39, 0.29) is 0 Å². The van der Waals surface area contributed by atoms with Crippen molar-refractivity contribution in [2.24, 2.45) is 0 Å². The van der Waals surface area contributed by atoms with Gasteiger partial charge in [0, 0.05) is 14.9 Å². The monoisotopic (exact) mass is 360 g/mol. The number of benzene rings is 2. The van der Waals surface area contributed by atoms with Crippen LogP contribution in [-0.2, 0) is 5.75 Å². The number of para-hydroxylation sites is 1. The van der Waals surface area contributed by atoms with Crippen LogP contribution in [-0.4, -0.2) is 5.11 Å². The first kappa shape index (κ1) is 14.3. The number of furan rings is 1. The highest BCUT2D eigenvalue weighted by atomic mass is 79.9. The largest absolute Gasteiger partial charge is 0.507 e. The van der Waals surface area contributed by atoms with Crippen LogP contribution in [0.3, 0.4) is 0 Å². The molecule has 0 amide bonds. The number of aromatic hydroxyl groups is 1. The first-order valence-electron chi connectivity index (χ1n) is 6.48. The van der Waals surface area contributed by atoms with Gasteiger partial charge in [-0.05, 0) is 36.4 Å². The third kappa shape index (κ3) is 3.52. The standard InChI is InChI=1S/C17H13BrO2S/c18-13-7-5-12(6-8-13)16-10-9-14(20-16)11-21-17-4-2-1-3-15(17)19/h1-10,19H,11H2. The van der Waals surface area contributed by atoms with Gasteiger partial charge >= 0.3 is 0 Å². The Kier molecular flexibility index (Phi) is 4.36. The molecule has 0 fully saturated rings. The van der Waals surface area contributed by atoms with E-state index in [1.54, 1.807) is 17.8 Å². The summed E-state index contributed by atoms with van der Waals surface area (Å²) in [7, 11) is 0. The normalized spacial score (nSPS) is 10.7. The van der Waals surface area contributed by atoms with Gasteiger partial charge in [0.15, 0.2) is 0 Å². The Morgan fingerprint density at radius 2 is 1.71 bits per heavy atom. The first-order valence-corrected chi connectivity index (χ1v) is 8.26. The summed E-state index contributed by atoms with van der Waals surface area (Å²) in [6.45, 7) is 0. The number of rotatable bonds is 4. The minimum absolute atomic E-state index is 0.308. The van der Waals surface area contributed by atoms with Crippen molar-refractivity contribution >= 4 is 27.7 Å². The zero-order chi connectivity index (χ0) is 14.7. The molecule has 0 aliphatic rings. The molecule has 21 heavy (non-hydrogen) atoms. The summed E-state index contributed by atoms with van der Waals surface area (Å²) in [5.41, 5.74) is 1.05. The molecule has 0 saturated carbocycles. The Hall–Kier alpha value is -1.65. The lowest BCUT2D eigenvalue weighted by molar-refractivity contribution is 0.462. The number of hydrogen-bond acceptors (Lipinski definition) is 3. The number of phenols is 1. The van der Waals surface area contributed by atoms with E-state index in [0.29, 0.717) is 11.5 Å². The van der Waals surface area contributed by atoms with Crippen LogP contribution < -0.4 is 0 Å². The molecule has 0 unspecified atom stereocenters. The van der Waals surface area contributed by atoms with Gasteiger partial charge in [-0.25, -0.2) is 0 Å². The average molecular weight is 361 g/mol. The highest BCUT2D eigenvalue weighted by molar-refractivity contribution is 9.10. The molecule has 0 spiro atoms. The molecule has 0 saturated heterocycles.